The van der Waals surface area contributed by atoms with Gasteiger partial charge in [-0.25, -0.2) is 19.6 Å². The first-order valence-electron chi connectivity index (χ1n) is 7.58. The van der Waals surface area contributed by atoms with Crippen LogP contribution in [0.15, 0.2) is 41.7 Å². The van der Waals surface area contributed by atoms with Crippen LogP contribution in [0.5, 0.6) is 0 Å². The zero-order chi connectivity index (χ0) is 18.9. The van der Waals surface area contributed by atoms with E-state index in [9.17, 15) is 14.4 Å². The van der Waals surface area contributed by atoms with Crippen LogP contribution in [-0.4, -0.2) is 40.2 Å². The summed E-state index contributed by atoms with van der Waals surface area (Å²) in [7, 11) is 0. The van der Waals surface area contributed by atoms with E-state index in [0.717, 1.165) is 11.8 Å². The number of nitrogen functional groups attached to an aromatic ring is 1. The molecule has 9 nitrogen and oxygen atoms in total. The van der Waals surface area contributed by atoms with Gasteiger partial charge in [-0.3, -0.25) is 10.1 Å². The van der Waals surface area contributed by atoms with Gasteiger partial charge in [-0.05, 0) is 19.1 Å². The van der Waals surface area contributed by atoms with Crippen LogP contribution in [-0.2, 0) is 9.53 Å². The fourth-order valence-corrected chi connectivity index (χ4v) is 2.41. The number of ether oxygens (including phenoxy) is 1. The average Bonchev–Trinajstić information content (AvgIpc) is 2.61. The van der Waals surface area contributed by atoms with Gasteiger partial charge in [-0.1, -0.05) is 30.0 Å². The van der Waals surface area contributed by atoms with Gasteiger partial charge >= 0.3 is 12.0 Å². The minimum atomic E-state index is -0.639. The average molecular weight is 375 g/mol. The second-order valence-electron chi connectivity index (χ2n) is 4.83. The molecule has 0 aliphatic heterocycles. The van der Waals surface area contributed by atoms with E-state index in [1.54, 1.807) is 31.2 Å². The van der Waals surface area contributed by atoms with Crippen molar-refractivity contribution in [2.75, 3.05) is 23.4 Å². The van der Waals surface area contributed by atoms with Gasteiger partial charge in [0.05, 0.1) is 12.4 Å². The summed E-state index contributed by atoms with van der Waals surface area (Å²) in [5.74, 6) is -1.28. The van der Waals surface area contributed by atoms with E-state index in [1.807, 2.05) is 6.07 Å². The molecule has 2 rings (SSSR count). The van der Waals surface area contributed by atoms with Crippen LogP contribution >= 0.6 is 11.8 Å². The van der Waals surface area contributed by atoms with Crippen molar-refractivity contribution in [1.29, 1.82) is 0 Å². The highest BCUT2D eigenvalue weighted by Gasteiger charge is 2.15. The van der Waals surface area contributed by atoms with Gasteiger partial charge in [0.15, 0.2) is 5.16 Å². The minimum Gasteiger partial charge on any atom is -0.462 e. The summed E-state index contributed by atoms with van der Waals surface area (Å²) in [5, 5.41) is 4.92. The summed E-state index contributed by atoms with van der Waals surface area (Å²) in [6, 6.07) is 8.08. The number of anilines is 2. The molecular weight excluding hydrogens is 358 g/mol. The van der Waals surface area contributed by atoms with E-state index in [2.05, 4.69) is 20.6 Å². The first kappa shape index (κ1) is 19.2. The molecule has 0 unspecified atom stereocenters. The zero-order valence-electron chi connectivity index (χ0n) is 13.9. The minimum absolute atomic E-state index is 0.0387. The van der Waals surface area contributed by atoms with Gasteiger partial charge in [0.25, 0.3) is 0 Å². The predicted molar refractivity (Wildman–Crippen MR) is 96.7 cm³/mol. The van der Waals surface area contributed by atoms with Gasteiger partial charge in [-0.2, -0.15) is 0 Å². The molecule has 2 aromatic rings. The number of nitrogens with one attached hydrogen (secondary N) is 2. The molecule has 0 atom stereocenters. The van der Waals surface area contributed by atoms with Gasteiger partial charge in [0, 0.05) is 11.9 Å². The number of nitrogens with two attached hydrogens (primary N) is 1. The second-order valence-corrected chi connectivity index (χ2v) is 5.77. The molecule has 0 bridgehead atoms. The van der Waals surface area contributed by atoms with Crippen molar-refractivity contribution >= 4 is 41.2 Å². The third-order valence-corrected chi connectivity index (χ3v) is 3.77. The molecule has 0 radical (unpaired) electrons. The van der Waals surface area contributed by atoms with Crippen LogP contribution in [0, 0.1) is 0 Å². The maximum atomic E-state index is 11.8. The predicted octanol–water partition coefficient (Wildman–Crippen LogP) is 1.68. The summed E-state index contributed by atoms with van der Waals surface area (Å²) >= 11 is 0.978. The summed E-state index contributed by atoms with van der Waals surface area (Å²) in [6.45, 7) is 1.88. The number of hydrogen-bond donors (Lipinski definition) is 3. The topological polar surface area (TPSA) is 136 Å². The molecular formula is C16H17N5O4S. The molecule has 1 aromatic heterocycles. The molecule has 0 aliphatic carbocycles. The quantitative estimate of drug-likeness (QED) is 0.394. The number of hydrogen-bond acceptors (Lipinski definition) is 8. The normalized spacial score (nSPS) is 10.0. The number of rotatable bonds is 6. The number of nitrogens with zero attached hydrogens (tertiary/aromatic N) is 2. The number of para-hydroxylation sites is 1. The zero-order valence-corrected chi connectivity index (χ0v) is 14.7. The number of aromatic nitrogens is 2. The number of thioether (sulfide) groups is 1. The molecule has 3 amide bonds. The largest absolute Gasteiger partial charge is 0.462 e. The summed E-state index contributed by atoms with van der Waals surface area (Å²) in [6.07, 6.45) is 1.24. The second kappa shape index (κ2) is 9.37. The monoisotopic (exact) mass is 375 g/mol. The van der Waals surface area contributed by atoms with Crippen molar-refractivity contribution in [2.45, 2.75) is 12.1 Å². The molecule has 0 spiro atoms. The SMILES string of the molecule is CCOC(=O)c1cnc(SCC(=O)NC(=O)Nc2ccccc2)nc1N. The number of carbonyl (C=O) groups is 3. The highest BCUT2D eigenvalue weighted by Crippen LogP contribution is 2.17. The molecule has 1 aromatic carbocycles. The Hall–Kier alpha value is -3.14. The van der Waals surface area contributed by atoms with E-state index >= 15 is 0 Å². The van der Waals surface area contributed by atoms with Crippen molar-refractivity contribution in [3.8, 4) is 0 Å². The van der Waals surface area contributed by atoms with Gasteiger partial charge in [0.1, 0.15) is 11.4 Å². The van der Waals surface area contributed by atoms with Crippen molar-refractivity contribution < 1.29 is 19.1 Å². The van der Waals surface area contributed by atoms with E-state index < -0.39 is 17.9 Å². The third-order valence-electron chi connectivity index (χ3n) is 2.91. The summed E-state index contributed by atoms with van der Waals surface area (Å²) < 4.78 is 4.83. The van der Waals surface area contributed by atoms with Crippen molar-refractivity contribution in [3.05, 3.63) is 42.1 Å². The van der Waals surface area contributed by atoms with Crippen LogP contribution in [0.2, 0.25) is 0 Å². The lowest BCUT2D eigenvalue weighted by molar-refractivity contribution is -0.117. The molecule has 4 N–H and O–H groups in total. The Labute approximate surface area is 153 Å². The Kier molecular flexibility index (Phi) is 6.92. The third kappa shape index (κ3) is 5.74. The number of carbonyl (C=O) groups excluding carboxylic acids is 3. The highest BCUT2D eigenvalue weighted by molar-refractivity contribution is 7.99. The maximum Gasteiger partial charge on any atom is 0.343 e. The number of imide groups is 1. The summed E-state index contributed by atoms with van der Waals surface area (Å²) in [5.41, 5.74) is 6.32. The Morgan fingerprint density at radius 1 is 1.23 bits per heavy atom. The molecule has 136 valence electrons. The van der Waals surface area contributed by atoms with Crippen molar-refractivity contribution in [3.63, 3.8) is 0 Å². The van der Waals surface area contributed by atoms with Gasteiger partial charge < -0.3 is 15.8 Å². The van der Waals surface area contributed by atoms with E-state index in [0.29, 0.717) is 5.69 Å². The molecule has 1 heterocycles. The van der Waals surface area contributed by atoms with Crippen molar-refractivity contribution in [2.24, 2.45) is 0 Å². The standard InChI is InChI=1S/C16H17N5O4S/c1-2-25-14(23)11-8-18-16(21-13(11)17)26-9-12(22)20-15(24)19-10-6-4-3-5-7-10/h3-8H,2,9H2,1H3,(H2,17,18,21)(H2,19,20,22,24). The molecule has 0 saturated heterocycles. The highest BCUT2D eigenvalue weighted by atomic mass is 32.2. The summed E-state index contributed by atoms with van der Waals surface area (Å²) in [4.78, 5) is 43.0. The van der Waals surface area contributed by atoms with E-state index in [4.69, 9.17) is 10.5 Å². The smallest absolute Gasteiger partial charge is 0.343 e. The Morgan fingerprint density at radius 3 is 2.62 bits per heavy atom. The lowest BCUT2D eigenvalue weighted by Crippen LogP contribution is -2.35. The van der Waals surface area contributed by atoms with Crippen LogP contribution in [0.3, 0.4) is 0 Å². The number of urea groups is 1. The lowest BCUT2D eigenvalue weighted by Gasteiger charge is -2.07. The first-order valence-corrected chi connectivity index (χ1v) is 8.56. The van der Waals surface area contributed by atoms with Crippen LogP contribution in [0.25, 0.3) is 0 Å². The molecule has 0 fully saturated rings. The molecule has 0 aliphatic rings. The number of amides is 3. The lowest BCUT2D eigenvalue weighted by atomic mass is 10.3. The van der Waals surface area contributed by atoms with E-state index in [-0.39, 0.29) is 28.9 Å². The van der Waals surface area contributed by atoms with E-state index in [1.165, 1.54) is 6.20 Å². The van der Waals surface area contributed by atoms with Crippen LogP contribution in [0.1, 0.15) is 17.3 Å². The van der Waals surface area contributed by atoms with Crippen LogP contribution < -0.4 is 16.4 Å². The number of benzene rings is 1. The Morgan fingerprint density at radius 2 is 1.96 bits per heavy atom. The fraction of sp³-hybridized carbons (Fsp3) is 0.188. The number of esters is 1. The van der Waals surface area contributed by atoms with Crippen molar-refractivity contribution in [1.82, 2.24) is 15.3 Å². The maximum absolute atomic E-state index is 11.8. The fourth-order valence-electron chi connectivity index (χ4n) is 1.79. The Balaban J connectivity index is 1.84. The Bertz CT molecular complexity index is 800. The van der Waals surface area contributed by atoms with Gasteiger partial charge in [0.2, 0.25) is 5.91 Å². The molecule has 0 saturated carbocycles. The molecule has 10 heteroatoms. The van der Waals surface area contributed by atoms with Crippen LogP contribution in [0.4, 0.5) is 16.3 Å². The molecule has 26 heavy (non-hydrogen) atoms. The van der Waals surface area contributed by atoms with Gasteiger partial charge in [-0.15, -0.1) is 0 Å². The first-order chi connectivity index (χ1) is 12.5.